The number of nitrogens with zero attached hydrogens (tertiary/aromatic N) is 5. The number of carbonyl (C=O) groups is 2. The van der Waals surface area contributed by atoms with Gasteiger partial charge in [0.15, 0.2) is 0 Å². The summed E-state index contributed by atoms with van der Waals surface area (Å²) < 4.78 is 1.67. The van der Waals surface area contributed by atoms with Crippen LogP contribution in [0.15, 0.2) is 55.1 Å². The Labute approximate surface area is 163 Å². The van der Waals surface area contributed by atoms with Crippen LogP contribution in [0.2, 0.25) is 0 Å². The standard InChI is InChI=1S/C20H22N6O2/c1-14(11-26-13-21-12-22-26)23-19(27)16-7-4-6-15(10-16)17-8-5-9-18(24-17)20(28)25(2)3/h4-10,12-14H,11H2,1-3H3,(H,23,27)/t14-/m0/s1. The fourth-order valence-electron chi connectivity index (χ4n) is 2.72. The summed E-state index contributed by atoms with van der Waals surface area (Å²) in [6, 6.07) is 12.3. The van der Waals surface area contributed by atoms with Gasteiger partial charge in [0.25, 0.3) is 11.8 Å². The van der Waals surface area contributed by atoms with Gasteiger partial charge in [-0.3, -0.25) is 14.3 Å². The molecular formula is C20H22N6O2. The molecule has 2 amide bonds. The number of amides is 2. The molecule has 3 rings (SSSR count). The Morgan fingerprint density at radius 3 is 2.68 bits per heavy atom. The zero-order valence-electron chi connectivity index (χ0n) is 16.0. The summed E-state index contributed by atoms with van der Waals surface area (Å²) >= 11 is 0. The van der Waals surface area contributed by atoms with Crippen LogP contribution in [0.3, 0.4) is 0 Å². The molecule has 28 heavy (non-hydrogen) atoms. The van der Waals surface area contributed by atoms with Crippen LogP contribution < -0.4 is 5.32 Å². The molecule has 144 valence electrons. The van der Waals surface area contributed by atoms with Crippen molar-refractivity contribution in [3.63, 3.8) is 0 Å². The van der Waals surface area contributed by atoms with E-state index in [2.05, 4.69) is 20.4 Å². The van der Waals surface area contributed by atoms with Crippen LogP contribution in [0.25, 0.3) is 11.3 Å². The van der Waals surface area contributed by atoms with Crippen LogP contribution >= 0.6 is 0 Å². The zero-order valence-corrected chi connectivity index (χ0v) is 16.0. The van der Waals surface area contributed by atoms with Crippen molar-refractivity contribution in [3.05, 3.63) is 66.4 Å². The van der Waals surface area contributed by atoms with Gasteiger partial charge in [-0.25, -0.2) is 9.97 Å². The summed E-state index contributed by atoms with van der Waals surface area (Å²) in [7, 11) is 3.37. The predicted molar refractivity (Wildman–Crippen MR) is 105 cm³/mol. The van der Waals surface area contributed by atoms with Crippen molar-refractivity contribution in [2.24, 2.45) is 0 Å². The normalized spacial score (nSPS) is 11.7. The second kappa shape index (κ2) is 8.43. The zero-order chi connectivity index (χ0) is 20.1. The molecule has 8 nitrogen and oxygen atoms in total. The number of aromatic nitrogens is 4. The molecule has 0 aliphatic heterocycles. The number of hydrogen-bond acceptors (Lipinski definition) is 5. The number of pyridine rings is 1. The van der Waals surface area contributed by atoms with Crippen molar-refractivity contribution in [1.29, 1.82) is 0 Å². The molecule has 3 aromatic rings. The van der Waals surface area contributed by atoms with E-state index in [1.165, 1.54) is 11.2 Å². The highest BCUT2D eigenvalue weighted by Gasteiger charge is 2.14. The molecule has 0 fully saturated rings. The molecule has 0 aliphatic carbocycles. The lowest BCUT2D eigenvalue weighted by Crippen LogP contribution is -2.35. The summed E-state index contributed by atoms with van der Waals surface area (Å²) in [6.07, 6.45) is 3.07. The molecule has 1 atom stereocenters. The molecule has 0 aliphatic rings. The average Bonchev–Trinajstić information content (AvgIpc) is 3.20. The Bertz CT molecular complexity index is 968. The number of carbonyl (C=O) groups excluding carboxylic acids is 2. The lowest BCUT2D eigenvalue weighted by molar-refractivity contribution is 0.0821. The van der Waals surface area contributed by atoms with Crippen LogP contribution in [-0.4, -0.2) is 56.6 Å². The van der Waals surface area contributed by atoms with Crippen LogP contribution in [0.1, 0.15) is 27.8 Å². The molecule has 1 N–H and O–H groups in total. The first-order chi connectivity index (χ1) is 13.4. The minimum Gasteiger partial charge on any atom is -0.348 e. The Kier molecular flexibility index (Phi) is 5.78. The second-order valence-corrected chi connectivity index (χ2v) is 6.68. The van der Waals surface area contributed by atoms with E-state index in [1.807, 2.05) is 19.1 Å². The van der Waals surface area contributed by atoms with Crippen molar-refractivity contribution in [2.75, 3.05) is 14.1 Å². The van der Waals surface area contributed by atoms with E-state index >= 15 is 0 Å². The minimum atomic E-state index is -0.185. The Morgan fingerprint density at radius 1 is 1.18 bits per heavy atom. The number of rotatable bonds is 6. The Hall–Kier alpha value is -3.55. The summed E-state index contributed by atoms with van der Waals surface area (Å²) in [5.74, 6) is -0.354. The maximum Gasteiger partial charge on any atom is 0.271 e. The molecule has 1 aromatic carbocycles. The van der Waals surface area contributed by atoms with Gasteiger partial charge < -0.3 is 10.2 Å². The summed E-state index contributed by atoms with van der Waals surface area (Å²) in [4.78, 5) is 34.5. The number of nitrogens with one attached hydrogen (secondary N) is 1. The SMILES string of the molecule is C[C@@H](Cn1cncn1)NC(=O)c1cccc(-c2cccc(C(=O)N(C)C)n2)c1. The van der Waals surface area contributed by atoms with E-state index < -0.39 is 0 Å². The lowest BCUT2D eigenvalue weighted by atomic mass is 10.1. The quantitative estimate of drug-likeness (QED) is 0.707. The fourth-order valence-corrected chi connectivity index (χ4v) is 2.72. The van der Waals surface area contributed by atoms with E-state index in [-0.39, 0.29) is 17.9 Å². The largest absolute Gasteiger partial charge is 0.348 e. The highest BCUT2D eigenvalue weighted by atomic mass is 16.2. The maximum atomic E-state index is 12.6. The molecule has 0 saturated carbocycles. The third-order valence-electron chi connectivity index (χ3n) is 4.10. The molecule has 0 radical (unpaired) electrons. The van der Waals surface area contributed by atoms with Gasteiger partial charge in [0, 0.05) is 31.3 Å². The maximum absolute atomic E-state index is 12.6. The summed E-state index contributed by atoms with van der Waals surface area (Å²) in [5.41, 5.74) is 2.29. The van der Waals surface area contributed by atoms with Gasteiger partial charge in [0.05, 0.1) is 12.2 Å². The summed E-state index contributed by atoms with van der Waals surface area (Å²) in [5, 5.41) is 6.99. The third-order valence-corrected chi connectivity index (χ3v) is 4.10. The highest BCUT2D eigenvalue weighted by molar-refractivity contribution is 5.96. The molecule has 0 unspecified atom stereocenters. The van der Waals surface area contributed by atoms with Crippen molar-refractivity contribution in [3.8, 4) is 11.3 Å². The molecule has 2 heterocycles. The minimum absolute atomic E-state index is 0.114. The van der Waals surface area contributed by atoms with Gasteiger partial charge in [-0.15, -0.1) is 0 Å². The molecule has 8 heteroatoms. The first-order valence-electron chi connectivity index (χ1n) is 8.86. The van der Waals surface area contributed by atoms with Gasteiger partial charge in [0.2, 0.25) is 0 Å². The monoisotopic (exact) mass is 378 g/mol. The molecule has 0 spiro atoms. The lowest BCUT2D eigenvalue weighted by Gasteiger charge is -2.14. The molecular weight excluding hydrogens is 356 g/mol. The highest BCUT2D eigenvalue weighted by Crippen LogP contribution is 2.19. The second-order valence-electron chi connectivity index (χ2n) is 6.68. The van der Waals surface area contributed by atoms with Crippen LogP contribution in [-0.2, 0) is 6.54 Å². The molecule has 0 bridgehead atoms. The van der Waals surface area contributed by atoms with Gasteiger partial charge >= 0.3 is 0 Å². The van der Waals surface area contributed by atoms with E-state index in [0.717, 1.165) is 5.56 Å². The first-order valence-corrected chi connectivity index (χ1v) is 8.86. The number of hydrogen-bond donors (Lipinski definition) is 1. The Balaban J connectivity index is 1.76. The molecule has 0 saturated heterocycles. The summed E-state index contributed by atoms with van der Waals surface area (Å²) in [6.45, 7) is 2.43. The van der Waals surface area contributed by atoms with Gasteiger partial charge in [-0.05, 0) is 31.2 Å². The van der Waals surface area contributed by atoms with Crippen molar-refractivity contribution >= 4 is 11.8 Å². The van der Waals surface area contributed by atoms with E-state index in [9.17, 15) is 9.59 Å². The van der Waals surface area contributed by atoms with E-state index in [0.29, 0.717) is 23.5 Å². The topological polar surface area (TPSA) is 93.0 Å². The van der Waals surface area contributed by atoms with Crippen molar-refractivity contribution in [1.82, 2.24) is 30.0 Å². The van der Waals surface area contributed by atoms with Crippen LogP contribution in [0, 0.1) is 0 Å². The fraction of sp³-hybridized carbons (Fsp3) is 0.250. The van der Waals surface area contributed by atoms with Crippen molar-refractivity contribution < 1.29 is 9.59 Å². The van der Waals surface area contributed by atoms with Crippen molar-refractivity contribution in [2.45, 2.75) is 19.5 Å². The first kappa shape index (κ1) is 19.2. The number of benzene rings is 1. The predicted octanol–water partition coefficient (Wildman–Crippen LogP) is 1.86. The van der Waals surface area contributed by atoms with Crippen LogP contribution in [0.4, 0.5) is 0 Å². The van der Waals surface area contributed by atoms with E-state index in [1.54, 1.807) is 55.4 Å². The van der Waals surface area contributed by atoms with Gasteiger partial charge in [-0.2, -0.15) is 5.10 Å². The smallest absolute Gasteiger partial charge is 0.271 e. The average molecular weight is 378 g/mol. The third kappa shape index (κ3) is 4.59. The Morgan fingerprint density at radius 2 is 1.96 bits per heavy atom. The molecule has 2 aromatic heterocycles. The van der Waals surface area contributed by atoms with Gasteiger partial charge in [0.1, 0.15) is 18.3 Å². The van der Waals surface area contributed by atoms with Gasteiger partial charge in [-0.1, -0.05) is 18.2 Å². The van der Waals surface area contributed by atoms with E-state index in [4.69, 9.17) is 0 Å². The van der Waals surface area contributed by atoms with Crippen LogP contribution in [0.5, 0.6) is 0 Å².